The van der Waals surface area contributed by atoms with Gasteiger partial charge in [0.2, 0.25) is 0 Å². The number of rotatable bonds is 8. The van der Waals surface area contributed by atoms with Crippen molar-refractivity contribution in [2.75, 3.05) is 6.61 Å². The molecule has 6 heteroatoms. The Labute approximate surface area is 174 Å². The quantitative estimate of drug-likeness (QED) is 0.531. The van der Waals surface area contributed by atoms with E-state index in [1.807, 2.05) is 0 Å². The van der Waals surface area contributed by atoms with E-state index in [-0.39, 0.29) is 12.0 Å². The molecule has 3 nitrogen and oxygen atoms in total. The molecule has 1 N–H and O–H groups in total. The van der Waals surface area contributed by atoms with Gasteiger partial charge >= 0.3 is 5.97 Å². The fraction of sp³-hybridized carbons (Fsp3) is 0.348. The van der Waals surface area contributed by atoms with Crippen molar-refractivity contribution < 1.29 is 23.4 Å². The molecular weight excluding hydrogens is 398 g/mol. The number of aliphatic carboxylic acids is 1. The molecule has 0 bridgehead atoms. The van der Waals surface area contributed by atoms with Gasteiger partial charge in [-0.15, -0.1) is 0 Å². The van der Waals surface area contributed by atoms with Crippen LogP contribution in [0.25, 0.3) is 5.57 Å². The molecule has 2 aromatic carbocycles. The van der Waals surface area contributed by atoms with Crippen molar-refractivity contribution in [1.29, 1.82) is 0 Å². The zero-order valence-corrected chi connectivity index (χ0v) is 16.9. The molecule has 0 radical (unpaired) electrons. The maximum Gasteiger partial charge on any atom is 0.303 e. The van der Waals surface area contributed by atoms with E-state index in [2.05, 4.69) is 0 Å². The highest BCUT2D eigenvalue weighted by Crippen LogP contribution is 2.36. The van der Waals surface area contributed by atoms with Gasteiger partial charge in [-0.05, 0) is 60.1 Å². The van der Waals surface area contributed by atoms with Gasteiger partial charge < -0.3 is 9.84 Å². The van der Waals surface area contributed by atoms with E-state index in [4.69, 9.17) is 21.4 Å². The first-order valence-electron chi connectivity index (χ1n) is 9.56. The number of aryl methyl sites for hydroxylation is 1. The van der Waals surface area contributed by atoms with Crippen molar-refractivity contribution in [1.82, 2.24) is 0 Å². The predicted molar refractivity (Wildman–Crippen MR) is 110 cm³/mol. The van der Waals surface area contributed by atoms with Crippen molar-refractivity contribution in [3.05, 3.63) is 69.8 Å². The SMILES string of the molecule is CC(F)(F)c1ccc(C2=C(COc3ccc(CCC(=O)O)c(Cl)c3)CCC2)cc1. The van der Waals surface area contributed by atoms with Crippen LogP contribution in [-0.4, -0.2) is 17.7 Å². The molecule has 0 aliphatic heterocycles. The minimum Gasteiger partial charge on any atom is -0.489 e. The lowest BCUT2D eigenvalue weighted by Gasteiger charge is -2.13. The number of halogens is 3. The molecule has 1 aliphatic carbocycles. The summed E-state index contributed by atoms with van der Waals surface area (Å²) in [5, 5.41) is 9.28. The first-order valence-corrected chi connectivity index (χ1v) is 9.94. The summed E-state index contributed by atoms with van der Waals surface area (Å²) >= 11 is 6.24. The van der Waals surface area contributed by atoms with E-state index in [9.17, 15) is 13.6 Å². The van der Waals surface area contributed by atoms with Gasteiger partial charge in [-0.3, -0.25) is 4.79 Å². The Morgan fingerprint density at radius 2 is 1.90 bits per heavy atom. The summed E-state index contributed by atoms with van der Waals surface area (Å²) in [4.78, 5) is 10.7. The Morgan fingerprint density at radius 3 is 2.52 bits per heavy atom. The first-order chi connectivity index (χ1) is 13.7. The molecule has 0 spiro atoms. The number of allylic oxidation sites excluding steroid dienone is 1. The van der Waals surface area contributed by atoms with E-state index in [1.54, 1.807) is 30.3 Å². The van der Waals surface area contributed by atoms with Gasteiger partial charge in [0.15, 0.2) is 0 Å². The number of ether oxygens (including phenoxy) is 1. The van der Waals surface area contributed by atoms with Crippen LogP contribution in [0.1, 0.15) is 49.3 Å². The van der Waals surface area contributed by atoms with Gasteiger partial charge in [-0.2, -0.15) is 0 Å². The summed E-state index contributed by atoms with van der Waals surface area (Å²) in [6.07, 6.45) is 3.21. The second-order valence-electron chi connectivity index (χ2n) is 7.34. The zero-order valence-electron chi connectivity index (χ0n) is 16.2. The summed E-state index contributed by atoms with van der Waals surface area (Å²) in [5.74, 6) is -3.09. The van der Waals surface area contributed by atoms with Crippen molar-refractivity contribution in [3.63, 3.8) is 0 Å². The van der Waals surface area contributed by atoms with Crippen LogP contribution in [0.2, 0.25) is 5.02 Å². The smallest absolute Gasteiger partial charge is 0.303 e. The van der Waals surface area contributed by atoms with Crippen LogP contribution >= 0.6 is 11.6 Å². The minimum absolute atomic E-state index is 0.00952. The number of carbonyl (C=O) groups is 1. The van der Waals surface area contributed by atoms with E-state index >= 15 is 0 Å². The van der Waals surface area contributed by atoms with Crippen LogP contribution in [0.5, 0.6) is 5.75 Å². The van der Waals surface area contributed by atoms with Gasteiger partial charge in [0, 0.05) is 23.9 Å². The third-order valence-corrected chi connectivity index (χ3v) is 5.47. The van der Waals surface area contributed by atoms with Crippen LogP contribution in [0, 0.1) is 0 Å². The molecule has 1 aliphatic rings. The number of hydrogen-bond acceptors (Lipinski definition) is 2. The van der Waals surface area contributed by atoms with Crippen molar-refractivity contribution in [2.45, 2.75) is 45.0 Å². The average Bonchev–Trinajstić information content (AvgIpc) is 3.13. The van der Waals surface area contributed by atoms with E-state index in [0.29, 0.717) is 23.8 Å². The molecule has 0 heterocycles. The van der Waals surface area contributed by atoms with Crippen molar-refractivity contribution >= 4 is 23.1 Å². The predicted octanol–water partition coefficient (Wildman–Crippen LogP) is 6.49. The van der Waals surface area contributed by atoms with Gasteiger partial charge in [0.25, 0.3) is 5.92 Å². The molecule has 0 saturated carbocycles. The summed E-state index contributed by atoms with van der Waals surface area (Å²) in [5.41, 5.74) is 4.05. The fourth-order valence-electron chi connectivity index (χ4n) is 3.51. The fourth-order valence-corrected chi connectivity index (χ4v) is 3.78. The lowest BCUT2D eigenvalue weighted by molar-refractivity contribution is -0.136. The molecule has 0 unspecified atom stereocenters. The standard InChI is InChI=1S/C23H23ClF2O3/c1-23(25,26)18-9-5-15(6-10-18)20-4-2-3-17(20)14-29-19-11-7-16(21(24)13-19)8-12-22(27)28/h5-7,9-11,13H,2-4,8,12,14H2,1H3,(H,27,28). The van der Waals surface area contributed by atoms with Crippen molar-refractivity contribution in [2.24, 2.45) is 0 Å². The molecule has 0 atom stereocenters. The summed E-state index contributed by atoms with van der Waals surface area (Å²) in [7, 11) is 0. The third-order valence-electron chi connectivity index (χ3n) is 5.12. The van der Waals surface area contributed by atoms with Crippen LogP contribution in [0.15, 0.2) is 48.0 Å². The largest absolute Gasteiger partial charge is 0.489 e. The Bertz CT molecular complexity index is 915. The minimum atomic E-state index is -2.84. The Balaban J connectivity index is 1.69. The van der Waals surface area contributed by atoms with Crippen LogP contribution in [0.4, 0.5) is 8.78 Å². The van der Waals surface area contributed by atoms with Gasteiger partial charge in [0.05, 0.1) is 0 Å². The van der Waals surface area contributed by atoms with Crippen LogP contribution < -0.4 is 4.74 Å². The number of benzene rings is 2. The van der Waals surface area contributed by atoms with E-state index in [1.165, 1.54) is 12.1 Å². The Kier molecular flexibility index (Phi) is 6.58. The summed E-state index contributed by atoms with van der Waals surface area (Å²) in [6.45, 7) is 1.31. The van der Waals surface area contributed by atoms with Gasteiger partial charge in [-0.25, -0.2) is 8.78 Å². The number of carboxylic acid groups (broad SMARTS) is 1. The molecule has 2 aromatic rings. The summed E-state index contributed by atoms with van der Waals surface area (Å²) in [6, 6.07) is 11.7. The second-order valence-corrected chi connectivity index (χ2v) is 7.74. The van der Waals surface area contributed by atoms with Crippen LogP contribution in [-0.2, 0) is 17.1 Å². The number of hydrogen-bond donors (Lipinski definition) is 1. The average molecular weight is 421 g/mol. The highest BCUT2D eigenvalue weighted by atomic mass is 35.5. The Morgan fingerprint density at radius 1 is 1.17 bits per heavy atom. The van der Waals surface area contributed by atoms with Gasteiger partial charge in [-0.1, -0.05) is 41.9 Å². The topological polar surface area (TPSA) is 46.5 Å². The van der Waals surface area contributed by atoms with Gasteiger partial charge in [0.1, 0.15) is 12.4 Å². The van der Waals surface area contributed by atoms with E-state index < -0.39 is 11.9 Å². The van der Waals surface area contributed by atoms with Crippen molar-refractivity contribution in [3.8, 4) is 5.75 Å². The molecule has 0 aromatic heterocycles. The molecule has 3 rings (SSSR count). The highest BCUT2D eigenvalue weighted by molar-refractivity contribution is 6.31. The molecule has 0 saturated heterocycles. The van der Waals surface area contributed by atoms with E-state index in [0.717, 1.165) is 48.5 Å². The number of alkyl halides is 2. The zero-order chi connectivity index (χ0) is 21.0. The highest BCUT2D eigenvalue weighted by Gasteiger charge is 2.24. The second kappa shape index (κ2) is 8.95. The third kappa shape index (κ3) is 5.57. The molecule has 154 valence electrons. The maximum absolute atomic E-state index is 13.4. The maximum atomic E-state index is 13.4. The molecular formula is C23H23ClF2O3. The van der Waals surface area contributed by atoms with Crippen LogP contribution in [0.3, 0.4) is 0 Å². The summed E-state index contributed by atoms with van der Waals surface area (Å²) < 4.78 is 32.8. The molecule has 29 heavy (non-hydrogen) atoms. The first kappa shape index (κ1) is 21.3. The molecule has 0 amide bonds. The monoisotopic (exact) mass is 420 g/mol. The number of carboxylic acids is 1. The lowest BCUT2D eigenvalue weighted by atomic mass is 9.99. The molecule has 0 fully saturated rings. The Hall–Kier alpha value is -2.40. The normalized spacial score (nSPS) is 14.3. The lowest BCUT2D eigenvalue weighted by Crippen LogP contribution is -2.06.